The highest BCUT2D eigenvalue weighted by Crippen LogP contribution is 2.21. The summed E-state index contributed by atoms with van der Waals surface area (Å²) in [5, 5.41) is 4.88. The van der Waals surface area contributed by atoms with Gasteiger partial charge in [0.2, 0.25) is 5.91 Å². The molecule has 132 valence electrons. The molecule has 0 saturated carbocycles. The van der Waals surface area contributed by atoms with Crippen LogP contribution in [0.25, 0.3) is 0 Å². The number of benzene rings is 1. The molecular weight excluding hydrogens is 336 g/mol. The molecule has 1 fully saturated rings. The number of rotatable bonds is 5. The number of nitrogens with zero attached hydrogens (tertiary/aromatic N) is 1. The van der Waals surface area contributed by atoms with Crippen molar-refractivity contribution in [1.82, 2.24) is 10.2 Å². The molecule has 1 saturated heterocycles. The summed E-state index contributed by atoms with van der Waals surface area (Å²) in [7, 11) is 1.62. The largest absolute Gasteiger partial charge is 0.497 e. The van der Waals surface area contributed by atoms with E-state index in [1.807, 2.05) is 41.8 Å². The van der Waals surface area contributed by atoms with E-state index in [0.717, 1.165) is 35.6 Å². The van der Waals surface area contributed by atoms with E-state index in [9.17, 15) is 9.59 Å². The molecule has 6 heteroatoms. The van der Waals surface area contributed by atoms with Crippen molar-refractivity contribution in [1.29, 1.82) is 0 Å². The van der Waals surface area contributed by atoms with Gasteiger partial charge in [-0.15, -0.1) is 11.3 Å². The third-order valence-corrected chi connectivity index (χ3v) is 5.27. The Morgan fingerprint density at radius 2 is 2.20 bits per heavy atom. The standard InChI is InChI=1S/C19H22N2O3S/c1-24-16-7-2-5-14(11-16)12-20-18(22)15-6-3-9-21(13-15)19(23)17-8-4-10-25-17/h2,4-5,7-8,10-11,15H,3,6,9,12-13H2,1H3,(H,20,22). The Hall–Kier alpha value is -2.34. The Balaban J connectivity index is 1.55. The summed E-state index contributed by atoms with van der Waals surface area (Å²) in [5.74, 6) is 0.659. The third kappa shape index (κ3) is 4.39. The lowest BCUT2D eigenvalue weighted by Gasteiger charge is -2.31. The molecule has 1 aliphatic heterocycles. The molecule has 2 heterocycles. The highest BCUT2D eigenvalue weighted by molar-refractivity contribution is 7.12. The van der Waals surface area contributed by atoms with Gasteiger partial charge in [-0.2, -0.15) is 0 Å². The molecule has 2 aromatic rings. The molecule has 0 bridgehead atoms. The van der Waals surface area contributed by atoms with Gasteiger partial charge < -0.3 is 15.0 Å². The third-order valence-electron chi connectivity index (χ3n) is 4.41. The summed E-state index contributed by atoms with van der Waals surface area (Å²) in [6, 6.07) is 11.4. The Morgan fingerprint density at radius 3 is 2.96 bits per heavy atom. The van der Waals surface area contributed by atoms with Crippen molar-refractivity contribution in [3.63, 3.8) is 0 Å². The lowest BCUT2D eigenvalue weighted by Crippen LogP contribution is -2.45. The molecule has 2 amide bonds. The van der Waals surface area contributed by atoms with Crippen LogP contribution in [0, 0.1) is 5.92 Å². The fraction of sp³-hybridized carbons (Fsp3) is 0.368. The molecule has 3 rings (SSSR count). The number of piperidine rings is 1. The van der Waals surface area contributed by atoms with E-state index in [-0.39, 0.29) is 17.7 Å². The van der Waals surface area contributed by atoms with Crippen LogP contribution >= 0.6 is 11.3 Å². The molecule has 5 nitrogen and oxygen atoms in total. The number of ether oxygens (including phenoxy) is 1. The Kier molecular flexibility index (Phi) is 5.71. The lowest BCUT2D eigenvalue weighted by atomic mass is 9.97. The van der Waals surface area contributed by atoms with Crippen LogP contribution in [0.2, 0.25) is 0 Å². The van der Waals surface area contributed by atoms with E-state index in [4.69, 9.17) is 4.74 Å². The number of hydrogen-bond acceptors (Lipinski definition) is 4. The number of hydrogen-bond donors (Lipinski definition) is 1. The van der Waals surface area contributed by atoms with Crippen LogP contribution in [0.3, 0.4) is 0 Å². The molecule has 0 spiro atoms. The van der Waals surface area contributed by atoms with Crippen LogP contribution in [0.15, 0.2) is 41.8 Å². The van der Waals surface area contributed by atoms with Gasteiger partial charge in [-0.25, -0.2) is 0 Å². The number of carbonyl (C=O) groups excluding carboxylic acids is 2. The minimum atomic E-state index is -0.150. The molecule has 0 aliphatic carbocycles. The minimum absolute atomic E-state index is 0.00602. The molecule has 1 aliphatic rings. The highest BCUT2D eigenvalue weighted by Gasteiger charge is 2.29. The van der Waals surface area contributed by atoms with Gasteiger partial charge in [0, 0.05) is 19.6 Å². The second-order valence-electron chi connectivity index (χ2n) is 6.14. The predicted molar refractivity (Wildman–Crippen MR) is 97.8 cm³/mol. The summed E-state index contributed by atoms with van der Waals surface area (Å²) < 4.78 is 5.20. The van der Waals surface area contributed by atoms with Gasteiger partial charge in [0.15, 0.2) is 0 Å². The topological polar surface area (TPSA) is 58.6 Å². The van der Waals surface area contributed by atoms with Crippen molar-refractivity contribution in [3.8, 4) is 5.75 Å². The van der Waals surface area contributed by atoms with Gasteiger partial charge in [0.05, 0.1) is 17.9 Å². The number of thiophene rings is 1. The zero-order valence-electron chi connectivity index (χ0n) is 14.2. The van der Waals surface area contributed by atoms with Gasteiger partial charge in [0.1, 0.15) is 5.75 Å². The van der Waals surface area contributed by atoms with Crippen LogP contribution < -0.4 is 10.1 Å². The number of carbonyl (C=O) groups is 2. The number of likely N-dealkylation sites (tertiary alicyclic amines) is 1. The zero-order valence-corrected chi connectivity index (χ0v) is 15.1. The first kappa shape index (κ1) is 17.5. The van der Waals surface area contributed by atoms with Gasteiger partial charge in [-0.1, -0.05) is 18.2 Å². The summed E-state index contributed by atoms with van der Waals surface area (Å²) >= 11 is 1.44. The van der Waals surface area contributed by atoms with Gasteiger partial charge in [-0.3, -0.25) is 9.59 Å². The van der Waals surface area contributed by atoms with Crippen molar-refractivity contribution in [2.75, 3.05) is 20.2 Å². The second-order valence-corrected chi connectivity index (χ2v) is 7.08. The molecule has 1 aromatic heterocycles. The molecule has 1 unspecified atom stereocenters. The van der Waals surface area contributed by atoms with E-state index in [2.05, 4.69) is 5.32 Å². The minimum Gasteiger partial charge on any atom is -0.497 e. The second kappa shape index (κ2) is 8.16. The fourth-order valence-electron chi connectivity index (χ4n) is 3.05. The number of amides is 2. The van der Waals surface area contributed by atoms with Gasteiger partial charge in [0.25, 0.3) is 5.91 Å². The summed E-state index contributed by atoms with van der Waals surface area (Å²) in [4.78, 5) is 27.5. The molecule has 1 atom stereocenters. The van der Waals surface area contributed by atoms with Crippen molar-refractivity contribution >= 4 is 23.2 Å². The lowest BCUT2D eigenvalue weighted by molar-refractivity contribution is -0.126. The zero-order chi connectivity index (χ0) is 17.6. The van der Waals surface area contributed by atoms with Crippen molar-refractivity contribution in [3.05, 3.63) is 52.2 Å². The predicted octanol–water partition coefficient (Wildman–Crippen LogP) is 2.93. The summed E-state index contributed by atoms with van der Waals surface area (Å²) in [5.41, 5.74) is 0.995. The van der Waals surface area contributed by atoms with Crippen LogP contribution in [-0.2, 0) is 11.3 Å². The maximum absolute atomic E-state index is 12.5. The molecule has 25 heavy (non-hydrogen) atoms. The van der Waals surface area contributed by atoms with E-state index >= 15 is 0 Å². The van der Waals surface area contributed by atoms with Crippen molar-refractivity contribution < 1.29 is 14.3 Å². The van der Waals surface area contributed by atoms with Crippen molar-refractivity contribution in [2.24, 2.45) is 5.92 Å². The summed E-state index contributed by atoms with van der Waals surface area (Å²) in [6.45, 7) is 1.67. The van der Waals surface area contributed by atoms with Crippen LogP contribution in [0.4, 0.5) is 0 Å². The average molecular weight is 358 g/mol. The number of methoxy groups -OCH3 is 1. The van der Waals surface area contributed by atoms with Crippen molar-refractivity contribution in [2.45, 2.75) is 19.4 Å². The van der Waals surface area contributed by atoms with E-state index in [1.54, 1.807) is 12.0 Å². The SMILES string of the molecule is COc1cccc(CNC(=O)C2CCCN(C(=O)c3cccs3)C2)c1. The van der Waals surface area contributed by atoms with Crippen LogP contribution in [0.1, 0.15) is 28.1 Å². The Labute approximate surface area is 151 Å². The van der Waals surface area contributed by atoms with Crippen LogP contribution in [-0.4, -0.2) is 36.9 Å². The van der Waals surface area contributed by atoms with E-state index < -0.39 is 0 Å². The fourth-order valence-corrected chi connectivity index (χ4v) is 3.74. The van der Waals surface area contributed by atoms with Gasteiger partial charge >= 0.3 is 0 Å². The average Bonchev–Trinajstić information content (AvgIpc) is 3.20. The number of nitrogens with one attached hydrogen (secondary N) is 1. The smallest absolute Gasteiger partial charge is 0.263 e. The first-order chi connectivity index (χ1) is 12.2. The van der Waals surface area contributed by atoms with Crippen LogP contribution in [0.5, 0.6) is 5.75 Å². The normalized spacial score (nSPS) is 17.2. The highest BCUT2D eigenvalue weighted by atomic mass is 32.1. The molecule has 1 N–H and O–H groups in total. The maximum Gasteiger partial charge on any atom is 0.263 e. The first-order valence-corrected chi connectivity index (χ1v) is 9.29. The summed E-state index contributed by atoms with van der Waals surface area (Å²) in [6.07, 6.45) is 1.67. The van der Waals surface area contributed by atoms with E-state index in [0.29, 0.717) is 13.1 Å². The Bertz CT molecular complexity index is 730. The maximum atomic E-state index is 12.5. The first-order valence-electron chi connectivity index (χ1n) is 8.41. The quantitative estimate of drug-likeness (QED) is 0.894. The molecule has 0 radical (unpaired) electrons. The van der Waals surface area contributed by atoms with Gasteiger partial charge in [-0.05, 0) is 42.0 Å². The molecular formula is C19H22N2O3S. The molecule has 1 aromatic carbocycles. The Morgan fingerprint density at radius 1 is 1.32 bits per heavy atom. The monoisotopic (exact) mass is 358 g/mol. The van der Waals surface area contributed by atoms with E-state index in [1.165, 1.54) is 11.3 Å².